The van der Waals surface area contributed by atoms with Crippen LogP contribution in [0.5, 0.6) is 0 Å². The van der Waals surface area contributed by atoms with Crippen LogP contribution < -0.4 is 4.90 Å². The third-order valence-corrected chi connectivity index (χ3v) is 4.71. The molecule has 152 valence electrons. The molecule has 1 aliphatic carbocycles. The van der Waals surface area contributed by atoms with E-state index in [0.29, 0.717) is 50.5 Å². The van der Waals surface area contributed by atoms with Gasteiger partial charge in [-0.2, -0.15) is 0 Å². The Morgan fingerprint density at radius 3 is 2.52 bits per heavy atom. The minimum absolute atomic E-state index is 0.222. The van der Waals surface area contributed by atoms with Gasteiger partial charge in [0.25, 0.3) is 0 Å². The number of aromatic nitrogens is 2. The SMILES string of the molecule is FC(F)(F)OC1=CCCC(c2nc(-c3ccccc3)cc(N3CCOCC3)n2)=C1. The second-order valence-electron chi connectivity index (χ2n) is 6.76. The normalized spacial score (nSPS) is 17.6. The van der Waals surface area contributed by atoms with Crippen molar-refractivity contribution in [3.63, 3.8) is 0 Å². The fourth-order valence-electron chi connectivity index (χ4n) is 3.34. The van der Waals surface area contributed by atoms with Crippen LogP contribution in [0.3, 0.4) is 0 Å². The van der Waals surface area contributed by atoms with Gasteiger partial charge in [0, 0.05) is 30.3 Å². The molecule has 0 atom stereocenters. The van der Waals surface area contributed by atoms with Crippen LogP contribution in [0.2, 0.25) is 0 Å². The van der Waals surface area contributed by atoms with Crippen LogP contribution in [-0.4, -0.2) is 42.6 Å². The number of anilines is 1. The summed E-state index contributed by atoms with van der Waals surface area (Å²) in [7, 11) is 0. The number of ether oxygens (including phenoxy) is 2. The van der Waals surface area contributed by atoms with Gasteiger partial charge in [0.2, 0.25) is 0 Å². The molecule has 0 bridgehead atoms. The van der Waals surface area contributed by atoms with Gasteiger partial charge in [0.1, 0.15) is 11.6 Å². The van der Waals surface area contributed by atoms with Crippen LogP contribution >= 0.6 is 0 Å². The highest BCUT2D eigenvalue weighted by atomic mass is 19.4. The van der Waals surface area contributed by atoms with Gasteiger partial charge in [-0.05, 0) is 25.0 Å². The molecule has 0 saturated carbocycles. The number of morpholine rings is 1. The fraction of sp³-hybridized carbons (Fsp3) is 0.333. The minimum atomic E-state index is -4.73. The molecule has 0 amide bonds. The predicted molar refractivity (Wildman–Crippen MR) is 103 cm³/mol. The van der Waals surface area contributed by atoms with E-state index in [-0.39, 0.29) is 5.76 Å². The summed E-state index contributed by atoms with van der Waals surface area (Å²) in [4.78, 5) is 11.4. The van der Waals surface area contributed by atoms with Crippen molar-refractivity contribution < 1.29 is 22.6 Å². The van der Waals surface area contributed by atoms with Crippen molar-refractivity contribution in [1.82, 2.24) is 9.97 Å². The van der Waals surface area contributed by atoms with Crippen LogP contribution in [-0.2, 0) is 9.47 Å². The molecule has 1 aliphatic heterocycles. The van der Waals surface area contributed by atoms with Crippen molar-refractivity contribution in [2.75, 3.05) is 31.2 Å². The lowest BCUT2D eigenvalue weighted by atomic mass is 10.0. The maximum Gasteiger partial charge on any atom is 0.573 e. The number of nitrogens with zero attached hydrogens (tertiary/aromatic N) is 3. The van der Waals surface area contributed by atoms with Gasteiger partial charge < -0.3 is 14.4 Å². The molecule has 0 N–H and O–H groups in total. The number of halogens is 3. The number of hydrogen-bond donors (Lipinski definition) is 0. The molecule has 5 nitrogen and oxygen atoms in total. The first-order chi connectivity index (χ1) is 14.0. The van der Waals surface area contributed by atoms with E-state index in [4.69, 9.17) is 4.74 Å². The molecular weight excluding hydrogens is 383 g/mol. The summed E-state index contributed by atoms with van der Waals surface area (Å²) in [6.45, 7) is 2.61. The molecule has 1 fully saturated rings. The van der Waals surface area contributed by atoms with Crippen LogP contribution in [0, 0.1) is 0 Å². The van der Waals surface area contributed by atoms with Crippen LogP contribution in [0.1, 0.15) is 18.7 Å². The zero-order chi connectivity index (χ0) is 20.3. The molecule has 0 unspecified atom stereocenters. The fourth-order valence-corrected chi connectivity index (χ4v) is 3.34. The van der Waals surface area contributed by atoms with Crippen molar-refractivity contribution in [1.29, 1.82) is 0 Å². The first kappa shape index (κ1) is 19.4. The van der Waals surface area contributed by atoms with Gasteiger partial charge in [-0.1, -0.05) is 30.3 Å². The van der Waals surface area contributed by atoms with E-state index >= 15 is 0 Å². The number of allylic oxidation sites excluding steroid dienone is 3. The standard InChI is InChI=1S/C21H20F3N3O2/c22-21(23,24)29-17-8-4-7-16(13-17)20-25-18(15-5-2-1-3-6-15)14-19(26-20)27-9-11-28-12-10-27/h1-3,5-6,8,13-14H,4,7,9-12H2. The molecule has 8 heteroatoms. The first-order valence-electron chi connectivity index (χ1n) is 9.42. The van der Waals surface area contributed by atoms with E-state index < -0.39 is 6.36 Å². The highest BCUT2D eigenvalue weighted by molar-refractivity contribution is 5.70. The molecule has 0 spiro atoms. The topological polar surface area (TPSA) is 47.5 Å². The van der Waals surface area contributed by atoms with Crippen molar-refractivity contribution in [3.05, 3.63) is 60.1 Å². The third-order valence-electron chi connectivity index (χ3n) is 4.71. The smallest absolute Gasteiger partial charge is 0.406 e. The van der Waals surface area contributed by atoms with E-state index in [1.165, 1.54) is 12.2 Å². The summed E-state index contributed by atoms with van der Waals surface area (Å²) in [6.07, 6.45) is -0.934. The van der Waals surface area contributed by atoms with Crippen molar-refractivity contribution in [2.24, 2.45) is 0 Å². The maximum absolute atomic E-state index is 12.6. The van der Waals surface area contributed by atoms with Gasteiger partial charge in [-0.15, -0.1) is 13.2 Å². The quantitative estimate of drug-likeness (QED) is 0.748. The third kappa shape index (κ3) is 4.95. The van der Waals surface area contributed by atoms with E-state index in [0.717, 1.165) is 17.1 Å². The Bertz CT molecular complexity index is 921. The second-order valence-corrected chi connectivity index (χ2v) is 6.76. The lowest BCUT2D eigenvalue weighted by Crippen LogP contribution is -2.37. The van der Waals surface area contributed by atoms with Crippen LogP contribution in [0.4, 0.5) is 19.0 Å². The summed E-state index contributed by atoms with van der Waals surface area (Å²) in [5.74, 6) is 0.940. The molecule has 1 saturated heterocycles. The minimum Gasteiger partial charge on any atom is -0.406 e. The lowest BCUT2D eigenvalue weighted by molar-refractivity contribution is -0.303. The number of hydrogen-bond acceptors (Lipinski definition) is 5. The Hall–Kier alpha value is -2.87. The van der Waals surface area contributed by atoms with Gasteiger partial charge in [0.05, 0.1) is 18.9 Å². The van der Waals surface area contributed by atoms with Gasteiger partial charge in [0.15, 0.2) is 5.82 Å². The van der Waals surface area contributed by atoms with E-state index in [9.17, 15) is 13.2 Å². The van der Waals surface area contributed by atoms with E-state index in [1.54, 1.807) is 0 Å². The molecule has 4 rings (SSSR count). The molecule has 1 aromatic heterocycles. The number of benzene rings is 1. The number of alkyl halides is 3. The van der Waals surface area contributed by atoms with Crippen LogP contribution in [0.25, 0.3) is 16.8 Å². The molecule has 2 aromatic rings. The van der Waals surface area contributed by atoms with Crippen molar-refractivity contribution in [2.45, 2.75) is 19.2 Å². The first-order valence-corrected chi connectivity index (χ1v) is 9.42. The summed E-state index contributed by atoms with van der Waals surface area (Å²) in [5, 5.41) is 0. The molecule has 2 heterocycles. The van der Waals surface area contributed by atoms with E-state index in [2.05, 4.69) is 19.6 Å². The van der Waals surface area contributed by atoms with Crippen molar-refractivity contribution >= 4 is 11.4 Å². The number of rotatable bonds is 4. The Kier molecular flexibility index (Phi) is 5.53. The molecule has 2 aliphatic rings. The zero-order valence-electron chi connectivity index (χ0n) is 15.7. The Morgan fingerprint density at radius 1 is 1.03 bits per heavy atom. The Labute approximate surface area is 166 Å². The van der Waals surface area contributed by atoms with E-state index in [1.807, 2.05) is 36.4 Å². The summed E-state index contributed by atoms with van der Waals surface area (Å²) in [5.41, 5.74) is 2.27. The maximum atomic E-state index is 12.6. The Morgan fingerprint density at radius 2 is 1.79 bits per heavy atom. The lowest BCUT2D eigenvalue weighted by Gasteiger charge is -2.28. The van der Waals surface area contributed by atoms with Crippen LogP contribution in [0.15, 0.2) is 54.3 Å². The van der Waals surface area contributed by atoms with Gasteiger partial charge in [-0.25, -0.2) is 9.97 Å². The van der Waals surface area contributed by atoms with Crippen molar-refractivity contribution in [3.8, 4) is 11.3 Å². The molecular formula is C21H20F3N3O2. The predicted octanol–water partition coefficient (Wildman–Crippen LogP) is 4.58. The summed E-state index contributed by atoms with van der Waals surface area (Å²) in [6, 6.07) is 11.6. The van der Waals surface area contributed by atoms with Gasteiger partial charge in [-0.3, -0.25) is 0 Å². The average molecular weight is 403 g/mol. The van der Waals surface area contributed by atoms with Gasteiger partial charge >= 0.3 is 6.36 Å². The molecule has 29 heavy (non-hydrogen) atoms. The monoisotopic (exact) mass is 403 g/mol. The zero-order valence-corrected chi connectivity index (χ0v) is 15.7. The average Bonchev–Trinajstić information content (AvgIpc) is 2.74. The highest BCUT2D eigenvalue weighted by Crippen LogP contribution is 2.31. The molecule has 1 aromatic carbocycles. The summed E-state index contributed by atoms with van der Waals surface area (Å²) >= 11 is 0. The summed E-state index contributed by atoms with van der Waals surface area (Å²) < 4.78 is 47.4. The highest BCUT2D eigenvalue weighted by Gasteiger charge is 2.32. The second kappa shape index (κ2) is 8.24. The Balaban J connectivity index is 1.73. The largest absolute Gasteiger partial charge is 0.573 e. The molecule has 0 radical (unpaired) electrons.